The van der Waals surface area contributed by atoms with Gasteiger partial charge in [-0.1, -0.05) is 19.9 Å². The third kappa shape index (κ3) is 4.46. The Morgan fingerprint density at radius 3 is 2.54 bits per heavy atom. The first kappa shape index (κ1) is 30.9. The number of esters is 1. The molecule has 8 aliphatic heterocycles. The number of hydrogen-bond donors (Lipinski definition) is 0. The molecule has 4 saturated heterocycles. The molecule has 1 aliphatic carbocycles. The van der Waals surface area contributed by atoms with Gasteiger partial charge in [-0.25, -0.2) is 14.6 Å². The van der Waals surface area contributed by atoms with Crippen LogP contribution in [0.1, 0.15) is 85.6 Å². The minimum absolute atomic E-state index is 0.103. The molecule has 12 heteroatoms. The van der Waals surface area contributed by atoms with Crippen LogP contribution < -0.4 is 18.9 Å². The Morgan fingerprint density at radius 2 is 1.71 bits per heavy atom. The molecule has 0 aromatic heterocycles. The summed E-state index contributed by atoms with van der Waals surface area (Å²) in [5.74, 6) is 3.19. The fourth-order valence-corrected chi connectivity index (χ4v) is 9.61. The highest BCUT2D eigenvalue weighted by atomic mass is 17.3. The van der Waals surface area contributed by atoms with Gasteiger partial charge in [-0.3, -0.25) is 4.90 Å². The van der Waals surface area contributed by atoms with Crippen molar-refractivity contribution < 1.29 is 52.5 Å². The lowest BCUT2D eigenvalue weighted by Crippen LogP contribution is -2.70. The lowest BCUT2D eigenvalue weighted by Gasteiger charge is -2.60. The predicted molar refractivity (Wildman–Crippen MR) is 166 cm³/mol. The molecule has 48 heavy (non-hydrogen) atoms. The molecule has 5 fully saturated rings. The molecule has 0 radical (unpaired) electrons. The van der Waals surface area contributed by atoms with E-state index in [0.717, 1.165) is 54.9 Å². The Balaban J connectivity index is 0.000000135. The molecule has 11 rings (SSSR count). The van der Waals surface area contributed by atoms with Gasteiger partial charge in [0.15, 0.2) is 41.2 Å². The molecule has 2 aromatic carbocycles. The van der Waals surface area contributed by atoms with Crippen LogP contribution in [0.4, 0.5) is 0 Å². The highest BCUT2D eigenvalue weighted by molar-refractivity contribution is 5.98. The van der Waals surface area contributed by atoms with E-state index in [4.69, 9.17) is 47.7 Å². The summed E-state index contributed by atoms with van der Waals surface area (Å²) in [7, 11) is 3.76. The van der Waals surface area contributed by atoms with Crippen LogP contribution in [0.2, 0.25) is 0 Å². The monoisotopic (exact) mass is 665 g/mol. The molecule has 10 atom stereocenters. The average Bonchev–Trinajstić information content (AvgIpc) is 3.78. The van der Waals surface area contributed by atoms with E-state index in [1.807, 2.05) is 25.1 Å². The highest BCUT2D eigenvalue weighted by Gasteiger charge is 2.69. The molecule has 2 aromatic rings. The van der Waals surface area contributed by atoms with Crippen LogP contribution in [-0.2, 0) is 35.1 Å². The van der Waals surface area contributed by atoms with Crippen molar-refractivity contribution in [2.45, 2.75) is 89.0 Å². The quantitative estimate of drug-likeness (QED) is 0.301. The van der Waals surface area contributed by atoms with E-state index in [1.54, 1.807) is 7.11 Å². The van der Waals surface area contributed by atoms with Crippen LogP contribution in [0, 0.1) is 23.7 Å². The van der Waals surface area contributed by atoms with Gasteiger partial charge < -0.3 is 37.9 Å². The number of carbonyl (C=O) groups is 1. The van der Waals surface area contributed by atoms with Gasteiger partial charge in [-0.2, -0.15) is 0 Å². The molecular formula is C36H43NO11. The van der Waals surface area contributed by atoms with Gasteiger partial charge in [0.1, 0.15) is 11.7 Å². The number of methoxy groups -OCH3 is 1. The van der Waals surface area contributed by atoms with E-state index in [0.29, 0.717) is 34.8 Å². The maximum Gasteiger partial charge on any atom is 0.343 e. The molecule has 1 spiro atoms. The van der Waals surface area contributed by atoms with Crippen molar-refractivity contribution in [1.82, 2.24) is 4.90 Å². The number of fused-ring (bicyclic) bond motifs is 7. The van der Waals surface area contributed by atoms with Crippen molar-refractivity contribution in [3.63, 3.8) is 0 Å². The first-order valence-corrected chi connectivity index (χ1v) is 17.2. The van der Waals surface area contributed by atoms with Crippen LogP contribution >= 0.6 is 0 Å². The number of ether oxygens (including phenoxy) is 8. The lowest BCUT2D eigenvalue weighted by atomic mass is 9.58. The van der Waals surface area contributed by atoms with Gasteiger partial charge in [0.05, 0.1) is 6.04 Å². The Kier molecular flexibility index (Phi) is 7.20. The van der Waals surface area contributed by atoms with E-state index in [9.17, 15) is 4.79 Å². The van der Waals surface area contributed by atoms with Gasteiger partial charge in [0.25, 0.3) is 0 Å². The highest BCUT2D eigenvalue weighted by Crippen LogP contribution is 2.60. The minimum atomic E-state index is -0.698. The van der Waals surface area contributed by atoms with E-state index in [2.05, 4.69) is 31.9 Å². The second-order valence-electron chi connectivity index (χ2n) is 14.7. The maximum absolute atomic E-state index is 12.7. The molecule has 2 bridgehead atoms. The summed E-state index contributed by atoms with van der Waals surface area (Å²) in [4.78, 5) is 26.7. The normalized spacial score (nSPS) is 39.8. The second-order valence-corrected chi connectivity index (χ2v) is 14.7. The first-order valence-electron chi connectivity index (χ1n) is 17.2. The molecule has 0 unspecified atom stereocenters. The van der Waals surface area contributed by atoms with E-state index in [-0.39, 0.29) is 37.8 Å². The van der Waals surface area contributed by atoms with Crippen LogP contribution in [0.25, 0.3) is 0 Å². The van der Waals surface area contributed by atoms with Crippen LogP contribution in [0.3, 0.4) is 0 Å². The standard InChI is InChI=1S/C20H17NO6.C16H26O5/c1-21-5-4-10-6-14-15(25-8-24-14)7-12(10)17(21)18-11-2-3-13-19(26-9-23-13)16(11)20(22)27-18;1-9-5-6-12-10(2)13(17-4)18-14-16(12)11(9)7-8-15(3,19-14)20-21-16/h2-3,6-7,17-18H,4-5,8-9H2,1H3;9-14H,5-8H2,1-4H3/t17-,18+;9-,10-,11+,12+,13+,14-,15-,16-/m01/s1. The smallest absolute Gasteiger partial charge is 0.343 e. The summed E-state index contributed by atoms with van der Waals surface area (Å²) in [5.41, 5.74) is 3.16. The summed E-state index contributed by atoms with van der Waals surface area (Å²) in [6.45, 7) is 7.69. The zero-order valence-electron chi connectivity index (χ0n) is 28.0. The summed E-state index contributed by atoms with van der Waals surface area (Å²) < 4.78 is 45.8. The molecular weight excluding hydrogens is 622 g/mol. The Labute approximate surface area is 279 Å². The minimum Gasteiger partial charge on any atom is -0.454 e. The Morgan fingerprint density at radius 1 is 0.917 bits per heavy atom. The van der Waals surface area contributed by atoms with Gasteiger partial charge in [-0.15, -0.1) is 0 Å². The second kappa shape index (κ2) is 11.2. The van der Waals surface area contributed by atoms with Gasteiger partial charge in [0.2, 0.25) is 19.4 Å². The number of likely N-dealkylation sites (N-methyl/N-ethyl adjacent to an activating group) is 1. The largest absolute Gasteiger partial charge is 0.454 e. The van der Waals surface area contributed by atoms with Crippen molar-refractivity contribution in [2.75, 3.05) is 34.3 Å². The third-order valence-corrected chi connectivity index (χ3v) is 12.1. The number of benzene rings is 2. The number of rotatable bonds is 2. The molecule has 1 saturated carbocycles. The van der Waals surface area contributed by atoms with Gasteiger partial charge in [-0.05, 0) is 80.8 Å². The van der Waals surface area contributed by atoms with E-state index >= 15 is 0 Å². The fraction of sp³-hybridized carbons (Fsp3) is 0.639. The SMILES string of the molecule is CN1CCc2cc3c(cc2[C@H]1[C@@H]1OC(=O)c2c1ccc1c2OCO1)OCO3.CO[C@H]1O[C@@H]2O[C@@]3(C)CC[C@H]4[C@H](C)CC[C@@H]([C@H]1C)[C@@]24OO3. The van der Waals surface area contributed by atoms with Crippen molar-refractivity contribution >= 4 is 5.97 Å². The summed E-state index contributed by atoms with van der Waals surface area (Å²) in [5, 5.41) is 0. The number of carbonyl (C=O) groups excluding carboxylic acids is 1. The predicted octanol–water partition coefficient (Wildman–Crippen LogP) is 5.43. The zero-order valence-corrected chi connectivity index (χ0v) is 28.0. The van der Waals surface area contributed by atoms with Crippen LogP contribution in [-0.4, -0.2) is 69.1 Å². The van der Waals surface area contributed by atoms with Crippen molar-refractivity contribution in [2.24, 2.45) is 23.7 Å². The fourth-order valence-electron chi connectivity index (χ4n) is 9.61. The topological polar surface area (TPSA) is 113 Å². The van der Waals surface area contributed by atoms with E-state index < -0.39 is 23.8 Å². The average molecular weight is 666 g/mol. The number of hydrogen-bond acceptors (Lipinski definition) is 12. The molecule has 12 nitrogen and oxygen atoms in total. The first-order chi connectivity index (χ1) is 23.2. The van der Waals surface area contributed by atoms with E-state index in [1.165, 1.54) is 12.0 Å². The molecule has 0 N–H and O–H groups in total. The molecule has 8 heterocycles. The van der Waals surface area contributed by atoms with Crippen molar-refractivity contribution in [3.8, 4) is 23.0 Å². The van der Waals surface area contributed by atoms with Crippen molar-refractivity contribution in [1.29, 1.82) is 0 Å². The van der Waals surface area contributed by atoms with Gasteiger partial charge >= 0.3 is 5.97 Å². The zero-order chi connectivity index (χ0) is 32.9. The number of nitrogens with zero attached hydrogens (tertiary/aromatic N) is 1. The lowest BCUT2D eigenvalue weighted by molar-refractivity contribution is -0.577. The Bertz CT molecular complexity index is 1630. The third-order valence-electron chi connectivity index (χ3n) is 12.1. The van der Waals surface area contributed by atoms with Gasteiger partial charge in [0, 0.05) is 37.5 Å². The van der Waals surface area contributed by atoms with Crippen LogP contribution in [0.15, 0.2) is 24.3 Å². The Hall–Kier alpha value is -3.13. The van der Waals surface area contributed by atoms with Crippen molar-refractivity contribution in [3.05, 3.63) is 46.5 Å². The summed E-state index contributed by atoms with van der Waals surface area (Å²) in [6.07, 6.45) is 4.14. The summed E-state index contributed by atoms with van der Waals surface area (Å²) >= 11 is 0. The maximum atomic E-state index is 12.7. The van der Waals surface area contributed by atoms with Crippen LogP contribution in [0.5, 0.6) is 23.0 Å². The molecule has 9 aliphatic rings. The molecule has 0 amide bonds. The number of cyclic esters (lactones) is 1. The summed E-state index contributed by atoms with van der Waals surface area (Å²) in [6, 6.07) is 7.73. The molecule has 258 valence electrons.